The zero-order chi connectivity index (χ0) is 12.8. The third-order valence-corrected chi connectivity index (χ3v) is 3.70. The second-order valence-corrected chi connectivity index (χ2v) is 5.14. The molecule has 2 atom stereocenters. The van der Waals surface area contributed by atoms with Gasteiger partial charge in [-0.15, -0.1) is 0 Å². The van der Waals surface area contributed by atoms with Gasteiger partial charge in [0.2, 0.25) is 5.91 Å². The number of nitrogens with two attached hydrogens (primary N) is 1. The number of thiocarbonyl (C=S) groups is 1. The molecule has 0 saturated carbocycles. The number of aliphatic hydroxyl groups excluding tert-OH is 1. The number of carbonyl (C=O) groups is 1. The Bertz CT molecular complexity index is 282. The van der Waals surface area contributed by atoms with Gasteiger partial charge in [-0.05, 0) is 31.6 Å². The number of piperidine rings is 1. The Morgan fingerprint density at radius 3 is 2.88 bits per heavy atom. The molecule has 0 bridgehead atoms. The molecule has 0 aromatic rings. The molecule has 3 N–H and O–H groups in total. The van der Waals surface area contributed by atoms with Crippen molar-refractivity contribution in [2.75, 3.05) is 19.7 Å². The van der Waals surface area contributed by atoms with Gasteiger partial charge >= 0.3 is 0 Å². The average molecular weight is 258 g/mol. The molecule has 2 unspecified atom stereocenters. The lowest BCUT2D eigenvalue weighted by atomic mass is 9.93. The van der Waals surface area contributed by atoms with Crippen LogP contribution in [0.5, 0.6) is 0 Å². The summed E-state index contributed by atoms with van der Waals surface area (Å²) in [6, 6.07) is 0. The van der Waals surface area contributed by atoms with E-state index in [1.165, 1.54) is 0 Å². The van der Waals surface area contributed by atoms with E-state index in [2.05, 4.69) is 0 Å². The van der Waals surface area contributed by atoms with Crippen molar-refractivity contribution >= 4 is 23.1 Å². The third-order valence-electron chi connectivity index (χ3n) is 3.42. The van der Waals surface area contributed by atoms with Crippen LogP contribution in [-0.4, -0.2) is 40.6 Å². The maximum atomic E-state index is 12.2. The van der Waals surface area contributed by atoms with Gasteiger partial charge in [-0.1, -0.05) is 19.1 Å². The normalized spacial score (nSPS) is 22.2. The molecule has 0 aromatic carbocycles. The summed E-state index contributed by atoms with van der Waals surface area (Å²) in [7, 11) is 0. The molecule has 4 nitrogen and oxygen atoms in total. The first-order valence-electron chi connectivity index (χ1n) is 6.29. The van der Waals surface area contributed by atoms with Crippen LogP contribution < -0.4 is 5.73 Å². The minimum absolute atomic E-state index is 0.0580. The summed E-state index contributed by atoms with van der Waals surface area (Å²) in [6.45, 7) is 3.65. The van der Waals surface area contributed by atoms with Gasteiger partial charge in [0.25, 0.3) is 0 Å². The van der Waals surface area contributed by atoms with E-state index in [9.17, 15) is 4.79 Å². The van der Waals surface area contributed by atoms with Crippen molar-refractivity contribution in [2.45, 2.75) is 32.6 Å². The van der Waals surface area contributed by atoms with Crippen LogP contribution in [0.3, 0.4) is 0 Å². The van der Waals surface area contributed by atoms with Crippen LogP contribution in [0, 0.1) is 11.8 Å². The number of carbonyl (C=O) groups excluding carboxylic acids is 1. The van der Waals surface area contributed by atoms with Gasteiger partial charge in [-0.2, -0.15) is 0 Å². The molecule has 1 saturated heterocycles. The predicted molar refractivity (Wildman–Crippen MR) is 71.6 cm³/mol. The molecule has 17 heavy (non-hydrogen) atoms. The number of likely N-dealkylation sites (tertiary alicyclic amines) is 1. The van der Waals surface area contributed by atoms with Gasteiger partial charge in [-0.25, -0.2) is 0 Å². The standard InChI is InChI=1S/C12H22N2O2S/c1-2-10(11(13)17)12(16)14-6-3-4-9(8-14)5-7-15/h9-10,15H,2-8H2,1H3,(H2,13,17). The van der Waals surface area contributed by atoms with Crippen molar-refractivity contribution in [3.8, 4) is 0 Å². The monoisotopic (exact) mass is 258 g/mol. The van der Waals surface area contributed by atoms with E-state index in [-0.39, 0.29) is 18.4 Å². The zero-order valence-electron chi connectivity index (χ0n) is 10.4. The Morgan fingerprint density at radius 2 is 2.35 bits per heavy atom. The molecule has 98 valence electrons. The van der Waals surface area contributed by atoms with Crippen LogP contribution in [0.15, 0.2) is 0 Å². The summed E-state index contributed by atoms with van der Waals surface area (Å²) < 4.78 is 0. The molecule has 0 radical (unpaired) electrons. The second-order valence-electron chi connectivity index (χ2n) is 4.67. The summed E-state index contributed by atoms with van der Waals surface area (Å²) in [6.07, 6.45) is 3.53. The molecule has 1 amide bonds. The lowest BCUT2D eigenvalue weighted by Crippen LogP contribution is -2.46. The Balaban J connectivity index is 2.59. The van der Waals surface area contributed by atoms with Gasteiger partial charge in [0.05, 0.1) is 10.9 Å². The minimum Gasteiger partial charge on any atom is -0.396 e. The molecule has 0 spiro atoms. The van der Waals surface area contributed by atoms with Gasteiger partial charge in [0.15, 0.2) is 0 Å². The van der Waals surface area contributed by atoms with Crippen LogP contribution in [0.4, 0.5) is 0 Å². The molecule has 0 aromatic heterocycles. The summed E-state index contributed by atoms with van der Waals surface area (Å²) >= 11 is 4.93. The van der Waals surface area contributed by atoms with Crippen LogP contribution in [0.2, 0.25) is 0 Å². The van der Waals surface area contributed by atoms with Gasteiger partial charge in [-0.3, -0.25) is 4.79 Å². The lowest BCUT2D eigenvalue weighted by molar-refractivity contribution is -0.135. The Hall–Kier alpha value is -0.680. The number of aliphatic hydroxyl groups is 1. The molecule has 1 rings (SSSR count). The maximum Gasteiger partial charge on any atom is 0.232 e. The fourth-order valence-corrected chi connectivity index (χ4v) is 2.67. The first-order valence-corrected chi connectivity index (χ1v) is 6.69. The summed E-state index contributed by atoms with van der Waals surface area (Å²) in [5.41, 5.74) is 5.59. The summed E-state index contributed by atoms with van der Waals surface area (Å²) in [4.78, 5) is 14.4. The summed E-state index contributed by atoms with van der Waals surface area (Å²) in [5.74, 6) is 0.155. The van der Waals surface area contributed by atoms with Gasteiger partial charge in [0.1, 0.15) is 0 Å². The largest absolute Gasteiger partial charge is 0.396 e. The number of rotatable bonds is 5. The quantitative estimate of drug-likeness (QED) is 0.720. The highest BCUT2D eigenvalue weighted by molar-refractivity contribution is 7.80. The predicted octanol–water partition coefficient (Wildman–Crippen LogP) is 0.920. The maximum absolute atomic E-state index is 12.2. The molecule has 1 heterocycles. The fraction of sp³-hybridized carbons (Fsp3) is 0.833. The number of amides is 1. The van der Waals surface area contributed by atoms with Crippen molar-refractivity contribution < 1.29 is 9.90 Å². The Morgan fingerprint density at radius 1 is 1.65 bits per heavy atom. The van der Waals surface area contributed by atoms with E-state index in [4.69, 9.17) is 23.1 Å². The van der Waals surface area contributed by atoms with E-state index in [0.29, 0.717) is 17.3 Å². The first-order chi connectivity index (χ1) is 8.10. The minimum atomic E-state index is -0.321. The average Bonchev–Trinajstić information content (AvgIpc) is 2.30. The van der Waals surface area contributed by atoms with E-state index in [0.717, 1.165) is 32.4 Å². The zero-order valence-corrected chi connectivity index (χ0v) is 11.2. The molecular weight excluding hydrogens is 236 g/mol. The molecule has 0 aliphatic carbocycles. The van der Waals surface area contributed by atoms with Crippen LogP contribution in [0.25, 0.3) is 0 Å². The lowest BCUT2D eigenvalue weighted by Gasteiger charge is -2.34. The van der Waals surface area contributed by atoms with Crippen molar-refractivity contribution in [3.05, 3.63) is 0 Å². The van der Waals surface area contributed by atoms with Gasteiger partial charge in [0, 0.05) is 19.7 Å². The van der Waals surface area contributed by atoms with Crippen LogP contribution in [-0.2, 0) is 4.79 Å². The van der Waals surface area contributed by atoms with Gasteiger partial charge < -0.3 is 15.7 Å². The first kappa shape index (κ1) is 14.4. The van der Waals surface area contributed by atoms with E-state index < -0.39 is 0 Å². The highest BCUT2D eigenvalue weighted by atomic mass is 32.1. The molecule has 1 aliphatic rings. The number of nitrogens with zero attached hydrogens (tertiary/aromatic N) is 1. The second kappa shape index (κ2) is 6.91. The number of hydrogen-bond donors (Lipinski definition) is 2. The summed E-state index contributed by atoms with van der Waals surface area (Å²) in [5, 5.41) is 8.94. The number of hydrogen-bond acceptors (Lipinski definition) is 3. The van der Waals surface area contributed by atoms with Crippen molar-refractivity contribution in [3.63, 3.8) is 0 Å². The molecular formula is C12H22N2O2S. The fourth-order valence-electron chi connectivity index (χ4n) is 2.40. The van der Waals surface area contributed by atoms with Crippen molar-refractivity contribution in [1.29, 1.82) is 0 Å². The van der Waals surface area contributed by atoms with Crippen LogP contribution in [0.1, 0.15) is 32.6 Å². The highest BCUT2D eigenvalue weighted by Gasteiger charge is 2.29. The Kier molecular flexibility index (Phi) is 5.85. The third kappa shape index (κ3) is 3.92. The SMILES string of the molecule is CCC(C(=O)N1CCCC(CCO)C1)C(N)=S. The molecule has 1 fully saturated rings. The smallest absolute Gasteiger partial charge is 0.232 e. The van der Waals surface area contributed by atoms with E-state index >= 15 is 0 Å². The van der Waals surface area contributed by atoms with E-state index in [1.807, 2.05) is 11.8 Å². The van der Waals surface area contributed by atoms with Crippen molar-refractivity contribution in [1.82, 2.24) is 4.90 Å². The molecule has 1 aliphatic heterocycles. The van der Waals surface area contributed by atoms with Crippen molar-refractivity contribution in [2.24, 2.45) is 17.6 Å². The Labute approximate surface area is 108 Å². The molecule has 5 heteroatoms. The van der Waals surface area contributed by atoms with Crippen LogP contribution >= 0.6 is 12.2 Å². The van der Waals surface area contributed by atoms with E-state index in [1.54, 1.807) is 0 Å². The topological polar surface area (TPSA) is 66.6 Å². The highest BCUT2D eigenvalue weighted by Crippen LogP contribution is 2.21.